The van der Waals surface area contributed by atoms with Gasteiger partial charge in [-0.15, -0.1) is 0 Å². The van der Waals surface area contributed by atoms with Crippen molar-refractivity contribution >= 4 is 28.8 Å². The van der Waals surface area contributed by atoms with Crippen LogP contribution in [0.4, 0.5) is 0 Å². The molecule has 5 rings (SSSR count). The minimum Gasteiger partial charge on any atom is -0.493 e. The van der Waals surface area contributed by atoms with E-state index in [1.165, 1.54) is 21.3 Å². The maximum Gasteiger partial charge on any atom is 0.379 e. The fraction of sp³-hybridized carbons (Fsp3) is 0.143. The van der Waals surface area contributed by atoms with Gasteiger partial charge >= 0.3 is 5.97 Å². The summed E-state index contributed by atoms with van der Waals surface area (Å²) in [6, 6.07) is 15.4. The van der Waals surface area contributed by atoms with Gasteiger partial charge in [0.25, 0.3) is 0 Å². The number of Topliss-reactive ketones (excluding diaryl/α,β-unsaturated/α-hetero) is 1. The molecule has 0 N–H and O–H groups in total. The quantitative estimate of drug-likeness (QED) is 0.197. The second-order valence-electron chi connectivity index (χ2n) is 7.97. The highest BCUT2D eigenvalue weighted by Crippen LogP contribution is 2.41. The number of para-hydroxylation sites is 2. The number of carbonyl (C=O) groups is 2. The van der Waals surface area contributed by atoms with E-state index in [1.54, 1.807) is 61.5 Å². The number of furan rings is 1. The molecule has 0 spiro atoms. The topological polar surface area (TPSA) is 93.4 Å². The normalized spacial score (nSPS) is 13.4. The van der Waals surface area contributed by atoms with E-state index in [4.69, 9.17) is 28.1 Å². The highest BCUT2D eigenvalue weighted by atomic mass is 16.6. The lowest BCUT2D eigenvalue weighted by atomic mass is 10.1. The first-order chi connectivity index (χ1) is 17.4. The summed E-state index contributed by atoms with van der Waals surface area (Å²) in [6.07, 6.45) is 1.59. The first-order valence-electron chi connectivity index (χ1n) is 11.0. The molecule has 36 heavy (non-hydrogen) atoms. The molecule has 0 atom stereocenters. The molecular weight excluding hydrogens is 464 g/mol. The monoisotopic (exact) mass is 486 g/mol. The molecule has 4 aromatic rings. The van der Waals surface area contributed by atoms with Crippen molar-refractivity contribution in [2.45, 2.75) is 6.92 Å². The molecule has 182 valence electrons. The molecule has 0 bridgehead atoms. The van der Waals surface area contributed by atoms with Gasteiger partial charge < -0.3 is 28.1 Å². The molecule has 1 aliphatic rings. The van der Waals surface area contributed by atoms with Gasteiger partial charge in [-0.1, -0.05) is 24.3 Å². The van der Waals surface area contributed by atoms with E-state index >= 15 is 0 Å². The molecule has 8 nitrogen and oxygen atoms in total. The highest BCUT2D eigenvalue weighted by Gasteiger charge is 2.31. The van der Waals surface area contributed by atoms with Gasteiger partial charge in [-0.3, -0.25) is 4.79 Å². The number of ketones is 1. The van der Waals surface area contributed by atoms with Gasteiger partial charge in [-0.25, -0.2) is 4.79 Å². The van der Waals surface area contributed by atoms with Crippen LogP contribution < -0.4 is 23.7 Å². The van der Waals surface area contributed by atoms with Crippen molar-refractivity contribution in [3.63, 3.8) is 0 Å². The Balaban J connectivity index is 1.43. The number of esters is 1. The molecule has 0 radical (unpaired) electrons. The van der Waals surface area contributed by atoms with Crippen molar-refractivity contribution in [2.75, 3.05) is 21.3 Å². The fourth-order valence-corrected chi connectivity index (χ4v) is 4.09. The molecule has 0 amide bonds. The summed E-state index contributed by atoms with van der Waals surface area (Å²) < 4.78 is 33.2. The van der Waals surface area contributed by atoms with Crippen molar-refractivity contribution < 1.29 is 37.7 Å². The maximum absolute atomic E-state index is 13.0. The third-order valence-corrected chi connectivity index (χ3v) is 5.89. The van der Waals surface area contributed by atoms with Crippen LogP contribution in [0.5, 0.6) is 28.7 Å². The van der Waals surface area contributed by atoms with Gasteiger partial charge in [0.05, 0.1) is 26.9 Å². The van der Waals surface area contributed by atoms with E-state index in [1.807, 2.05) is 6.07 Å². The van der Waals surface area contributed by atoms with Gasteiger partial charge in [0, 0.05) is 16.5 Å². The number of allylic oxidation sites excluding steroid dienone is 1. The van der Waals surface area contributed by atoms with E-state index in [0.717, 1.165) is 0 Å². The number of methoxy groups -OCH3 is 3. The van der Waals surface area contributed by atoms with Crippen LogP contribution in [-0.4, -0.2) is 33.1 Å². The smallest absolute Gasteiger partial charge is 0.379 e. The molecule has 3 aromatic carbocycles. The summed E-state index contributed by atoms with van der Waals surface area (Å²) in [5.41, 5.74) is 1.95. The summed E-state index contributed by atoms with van der Waals surface area (Å²) >= 11 is 0. The number of hydrogen-bond acceptors (Lipinski definition) is 8. The lowest BCUT2D eigenvalue weighted by Gasteiger charge is -2.10. The average Bonchev–Trinajstić information content (AvgIpc) is 3.47. The zero-order chi connectivity index (χ0) is 25.4. The van der Waals surface area contributed by atoms with Gasteiger partial charge in [0.15, 0.2) is 28.6 Å². The number of hydrogen-bond donors (Lipinski definition) is 0. The van der Waals surface area contributed by atoms with Crippen molar-refractivity contribution in [3.05, 3.63) is 82.8 Å². The molecule has 2 heterocycles. The van der Waals surface area contributed by atoms with E-state index in [0.29, 0.717) is 50.7 Å². The van der Waals surface area contributed by atoms with Gasteiger partial charge in [0.1, 0.15) is 11.5 Å². The molecule has 0 fully saturated rings. The second-order valence-corrected chi connectivity index (χ2v) is 7.97. The van der Waals surface area contributed by atoms with E-state index < -0.39 is 5.97 Å². The van der Waals surface area contributed by atoms with Crippen LogP contribution in [0.3, 0.4) is 0 Å². The minimum atomic E-state index is -0.683. The van der Waals surface area contributed by atoms with Crippen LogP contribution in [0.2, 0.25) is 0 Å². The molecular formula is C28H22O8. The lowest BCUT2D eigenvalue weighted by Crippen LogP contribution is -2.08. The number of carbonyl (C=O) groups excluding carboxylic acids is 2. The second kappa shape index (κ2) is 9.14. The third-order valence-electron chi connectivity index (χ3n) is 5.89. The van der Waals surface area contributed by atoms with Crippen LogP contribution in [0.25, 0.3) is 17.0 Å². The Kier molecular flexibility index (Phi) is 5.85. The number of rotatable bonds is 6. The summed E-state index contributed by atoms with van der Waals surface area (Å²) in [5.74, 6) is 1.27. The van der Waals surface area contributed by atoms with Crippen LogP contribution in [0.15, 0.2) is 64.8 Å². The Morgan fingerprint density at radius 3 is 2.39 bits per heavy atom. The predicted octanol–water partition coefficient (Wildman–Crippen LogP) is 5.60. The molecule has 1 aromatic heterocycles. The molecule has 8 heteroatoms. The lowest BCUT2D eigenvalue weighted by molar-refractivity contribution is 0.0702. The van der Waals surface area contributed by atoms with E-state index in [-0.39, 0.29) is 23.1 Å². The van der Waals surface area contributed by atoms with Crippen LogP contribution in [-0.2, 0) is 0 Å². The van der Waals surface area contributed by atoms with Crippen molar-refractivity contribution in [1.82, 2.24) is 0 Å². The fourth-order valence-electron chi connectivity index (χ4n) is 4.09. The summed E-state index contributed by atoms with van der Waals surface area (Å²) in [6.45, 7) is 1.71. The number of benzene rings is 3. The summed E-state index contributed by atoms with van der Waals surface area (Å²) in [5, 5.41) is 0.712. The molecule has 0 saturated carbocycles. The summed E-state index contributed by atoms with van der Waals surface area (Å²) in [7, 11) is 4.59. The van der Waals surface area contributed by atoms with E-state index in [2.05, 4.69) is 0 Å². The first-order valence-corrected chi connectivity index (χ1v) is 11.0. The van der Waals surface area contributed by atoms with Crippen LogP contribution in [0.1, 0.15) is 32.0 Å². The van der Waals surface area contributed by atoms with Gasteiger partial charge in [-0.2, -0.15) is 0 Å². The molecule has 0 aliphatic carbocycles. The Morgan fingerprint density at radius 1 is 0.889 bits per heavy atom. The Hall–Kier alpha value is -4.72. The van der Waals surface area contributed by atoms with E-state index in [9.17, 15) is 9.59 Å². The van der Waals surface area contributed by atoms with Gasteiger partial charge in [-0.05, 0) is 43.3 Å². The average molecular weight is 486 g/mol. The number of ether oxygens (including phenoxy) is 5. The third kappa shape index (κ3) is 3.82. The molecule has 1 aliphatic heterocycles. The standard InChI is InChI=1S/C28H22O8/c1-15-19(36-28(30)23-14-17-8-6-10-21(32-3)27(17)35-23)12-11-18-24(29)22(34-25(15)18)13-16-7-5-9-20(31-2)26(16)33-4/h5-14H,1-4H3/b22-13-. The van der Waals surface area contributed by atoms with Crippen molar-refractivity contribution in [3.8, 4) is 28.7 Å². The maximum atomic E-state index is 13.0. The SMILES string of the molecule is COc1cccc(/C=C2\Oc3c(ccc(OC(=O)c4cc5cccc(OC)c5o4)c3C)C2=O)c1OC. The first kappa shape index (κ1) is 23.0. The van der Waals surface area contributed by atoms with Crippen molar-refractivity contribution in [2.24, 2.45) is 0 Å². The Morgan fingerprint density at radius 2 is 1.64 bits per heavy atom. The predicted molar refractivity (Wildman–Crippen MR) is 131 cm³/mol. The van der Waals surface area contributed by atoms with Crippen molar-refractivity contribution in [1.29, 1.82) is 0 Å². The molecule has 0 saturated heterocycles. The minimum absolute atomic E-state index is 0.0251. The Bertz CT molecular complexity index is 1540. The Labute approximate surface area is 206 Å². The van der Waals surface area contributed by atoms with Crippen LogP contribution >= 0.6 is 0 Å². The highest BCUT2D eigenvalue weighted by molar-refractivity contribution is 6.15. The zero-order valence-electron chi connectivity index (χ0n) is 20.0. The number of fused-ring (bicyclic) bond motifs is 2. The van der Waals surface area contributed by atoms with Gasteiger partial charge in [0.2, 0.25) is 11.5 Å². The van der Waals surface area contributed by atoms with Crippen LogP contribution in [0, 0.1) is 6.92 Å². The summed E-state index contributed by atoms with van der Waals surface area (Å²) in [4.78, 5) is 25.9. The largest absolute Gasteiger partial charge is 0.493 e. The molecule has 0 unspecified atom stereocenters. The zero-order valence-corrected chi connectivity index (χ0v) is 20.0.